The third-order valence-electron chi connectivity index (χ3n) is 4.53. The maximum Gasteiger partial charge on any atom is 0.352 e. The number of rotatable bonds is 8. The highest BCUT2D eigenvalue weighted by atomic mass is 32.2. The SMILES string of the molecule is CO[C@@]1(NC(=O)CS(=O)(=O)c2cccs2)C(=O)N2C(C(=O)O)=C(COC(C)=O)CS[C@H]21. The molecule has 0 bridgehead atoms. The fourth-order valence-corrected chi connectivity index (χ4v) is 6.81. The molecule has 1 saturated heterocycles. The van der Waals surface area contributed by atoms with Crippen molar-refractivity contribution in [2.75, 3.05) is 25.2 Å². The third kappa shape index (κ3) is 4.20. The van der Waals surface area contributed by atoms with Crippen molar-refractivity contribution in [3.8, 4) is 0 Å². The van der Waals surface area contributed by atoms with Gasteiger partial charge in [0.15, 0.2) is 9.84 Å². The molecule has 0 saturated carbocycles. The first-order valence-electron chi connectivity index (χ1n) is 8.70. The minimum atomic E-state index is -3.91. The van der Waals surface area contributed by atoms with Gasteiger partial charge in [-0.1, -0.05) is 6.07 Å². The Bertz CT molecular complexity index is 1060. The van der Waals surface area contributed by atoms with E-state index in [1.165, 1.54) is 19.1 Å². The van der Waals surface area contributed by atoms with Gasteiger partial charge in [-0.2, -0.15) is 0 Å². The molecule has 2 aliphatic heterocycles. The number of esters is 1. The number of nitrogens with one attached hydrogen (secondary N) is 1. The zero-order valence-corrected chi connectivity index (χ0v) is 18.8. The van der Waals surface area contributed by atoms with Gasteiger partial charge in [-0.15, -0.1) is 23.1 Å². The Morgan fingerprint density at radius 3 is 2.65 bits per heavy atom. The smallest absolute Gasteiger partial charge is 0.352 e. The maximum atomic E-state index is 12.9. The number of carboxylic acid groups (broad SMARTS) is 1. The van der Waals surface area contributed by atoms with E-state index < -0.39 is 50.4 Å². The molecular weight excluding hydrogens is 472 g/mol. The van der Waals surface area contributed by atoms with Crippen LogP contribution in [0, 0.1) is 0 Å². The van der Waals surface area contributed by atoms with E-state index in [1.807, 2.05) is 0 Å². The molecule has 1 aromatic heterocycles. The molecule has 2 amide bonds. The average molecular weight is 491 g/mol. The summed E-state index contributed by atoms with van der Waals surface area (Å²) in [6.07, 6.45) is 0. The number of carboxylic acids is 1. The summed E-state index contributed by atoms with van der Waals surface area (Å²) in [4.78, 5) is 49.1. The third-order valence-corrected chi connectivity index (χ3v) is 9.01. The number of carbonyl (C=O) groups is 4. The van der Waals surface area contributed by atoms with Crippen LogP contribution in [0.25, 0.3) is 0 Å². The van der Waals surface area contributed by atoms with Crippen molar-refractivity contribution >= 4 is 56.7 Å². The second-order valence-corrected chi connectivity index (χ2v) is 10.8. The number of thioether (sulfide) groups is 1. The van der Waals surface area contributed by atoms with Gasteiger partial charge in [0.25, 0.3) is 11.6 Å². The number of hydrogen-bond donors (Lipinski definition) is 2. The molecule has 1 aromatic rings. The molecule has 31 heavy (non-hydrogen) atoms. The number of sulfone groups is 1. The molecule has 2 N–H and O–H groups in total. The molecule has 0 spiro atoms. The summed E-state index contributed by atoms with van der Waals surface area (Å²) in [5, 5.41) is 12.5. The van der Waals surface area contributed by atoms with Crippen LogP contribution in [-0.2, 0) is 38.5 Å². The molecule has 1 fully saturated rings. The van der Waals surface area contributed by atoms with Gasteiger partial charge in [0.2, 0.25) is 5.91 Å². The van der Waals surface area contributed by atoms with Crippen LogP contribution in [0.3, 0.4) is 0 Å². The van der Waals surface area contributed by atoms with Crippen LogP contribution in [-0.4, -0.2) is 78.5 Å². The minimum absolute atomic E-state index is 0.00827. The van der Waals surface area contributed by atoms with Crippen LogP contribution in [0.2, 0.25) is 0 Å². The normalized spacial score (nSPS) is 23.1. The Kier molecular flexibility index (Phi) is 6.45. The molecule has 0 radical (unpaired) electrons. The number of ether oxygens (including phenoxy) is 2. The average Bonchev–Trinajstić information content (AvgIpc) is 3.24. The van der Waals surface area contributed by atoms with Gasteiger partial charge >= 0.3 is 11.9 Å². The van der Waals surface area contributed by atoms with E-state index >= 15 is 0 Å². The van der Waals surface area contributed by atoms with Crippen LogP contribution in [0.5, 0.6) is 0 Å². The van der Waals surface area contributed by atoms with Gasteiger partial charge in [-0.3, -0.25) is 19.3 Å². The number of thiophene rings is 1. The molecule has 2 atom stereocenters. The summed E-state index contributed by atoms with van der Waals surface area (Å²) < 4.78 is 34.8. The van der Waals surface area contributed by atoms with E-state index in [4.69, 9.17) is 9.47 Å². The number of nitrogens with zero attached hydrogens (tertiary/aromatic N) is 1. The second-order valence-electron chi connectivity index (χ2n) is 6.56. The van der Waals surface area contributed by atoms with Crippen LogP contribution in [0.15, 0.2) is 33.0 Å². The number of β-lactam (4-membered cyclic amide) rings is 1. The summed E-state index contributed by atoms with van der Waals surface area (Å²) in [5.74, 6) is -4.65. The summed E-state index contributed by atoms with van der Waals surface area (Å²) >= 11 is 2.05. The molecule has 168 valence electrons. The summed E-state index contributed by atoms with van der Waals surface area (Å²) in [6.45, 7) is 0.871. The number of methoxy groups -OCH3 is 1. The van der Waals surface area contributed by atoms with E-state index in [1.54, 1.807) is 5.38 Å². The maximum absolute atomic E-state index is 12.9. The lowest BCUT2D eigenvalue weighted by atomic mass is 9.98. The van der Waals surface area contributed by atoms with Crippen molar-refractivity contribution in [1.82, 2.24) is 10.2 Å². The topological polar surface area (TPSA) is 156 Å². The van der Waals surface area contributed by atoms with Crippen LogP contribution >= 0.6 is 23.1 Å². The van der Waals surface area contributed by atoms with Gasteiger partial charge in [0, 0.05) is 25.4 Å². The lowest BCUT2D eigenvalue weighted by Crippen LogP contribution is -2.81. The molecule has 0 aromatic carbocycles. The summed E-state index contributed by atoms with van der Waals surface area (Å²) in [6, 6.07) is 2.90. The predicted octanol–water partition coefficient (Wildman–Crippen LogP) is -0.202. The van der Waals surface area contributed by atoms with Crippen molar-refractivity contribution in [3.05, 3.63) is 28.8 Å². The van der Waals surface area contributed by atoms with Crippen molar-refractivity contribution in [2.24, 2.45) is 0 Å². The Balaban J connectivity index is 1.81. The molecular formula is C17H18N2O9S3. The molecule has 0 aliphatic carbocycles. The van der Waals surface area contributed by atoms with Crippen LogP contribution in [0.4, 0.5) is 0 Å². The van der Waals surface area contributed by atoms with Crippen molar-refractivity contribution in [3.63, 3.8) is 0 Å². The number of carbonyl (C=O) groups excluding carboxylic acids is 3. The number of amides is 2. The van der Waals surface area contributed by atoms with E-state index in [0.717, 1.165) is 35.1 Å². The quantitative estimate of drug-likeness (QED) is 0.284. The fourth-order valence-electron chi connectivity index (χ4n) is 3.17. The van der Waals surface area contributed by atoms with E-state index in [-0.39, 0.29) is 27.8 Å². The van der Waals surface area contributed by atoms with E-state index in [9.17, 15) is 32.7 Å². The lowest BCUT2D eigenvalue weighted by Gasteiger charge is -2.55. The van der Waals surface area contributed by atoms with Gasteiger partial charge in [-0.05, 0) is 11.4 Å². The zero-order chi connectivity index (χ0) is 23.0. The van der Waals surface area contributed by atoms with Gasteiger partial charge in [-0.25, -0.2) is 13.2 Å². The van der Waals surface area contributed by atoms with Crippen LogP contribution < -0.4 is 5.32 Å². The Labute approximate surface area is 185 Å². The highest BCUT2D eigenvalue weighted by Crippen LogP contribution is 2.46. The predicted molar refractivity (Wildman–Crippen MR) is 109 cm³/mol. The molecule has 3 heterocycles. The van der Waals surface area contributed by atoms with Crippen molar-refractivity contribution in [2.45, 2.75) is 22.2 Å². The number of fused-ring (bicyclic) bond motifs is 1. The first-order valence-corrected chi connectivity index (χ1v) is 12.3. The molecule has 14 heteroatoms. The Morgan fingerprint density at radius 2 is 2.10 bits per heavy atom. The summed E-state index contributed by atoms with van der Waals surface area (Å²) in [5.41, 5.74) is -2.06. The molecule has 3 rings (SSSR count). The molecule has 2 aliphatic rings. The lowest BCUT2D eigenvalue weighted by molar-refractivity contribution is -0.192. The number of hydrogen-bond acceptors (Lipinski definition) is 10. The highest BCUT2D eigenvalue weighted by Gasteiger charge is 2.66. The van der Waals surface area contributed by atoms with Crippen molar-refractivity contribution in [1.29, 1.82) is 0 Å². The van der Waals surface area contributed by atoms with Gasteiger partial charge in [0.05, 0.1) is 0 Å². The highest BCUT2D eigenvalue weighted by molar-refractivity contribution is 8.00. The zero-order valence-electron chi connectivity index (χ0n) is 16.3. The second kappa shape index (κ2) is 8.61. The Hall–Kier alpha value is -2.42. The van der Waals surface area contributed by atoms with Gasteiger partial charge in [0.1, 0.15) is 27.6 Å². The Morgan fingerprint density at radius 1 is 1.39 bits per heavy atom. The van der Waals surface area contributed by atoms with E-state index in [2.05, 4.69) is 5.32 Å². The summed E-state index contributed by atoms with van der Waals surface area (Å²) in [7, 11) is -2.75. The standard InChI is InChI=1S/C17H18N2O9S3/c1-9(20)28-6-10-7-30-16-17(27-2,15(24)19(16)13(10)14(22)23)18-11(21)8-31(25,26)12-4-3-5-29-12/h3-5,16H,6-8H2,1-2H3,(H,18,21)(H,22,23)/t16-,17-/m0/s1. The largest absolute Gasteiger partial charge is 0.477 e. The first kappa shape index (κ1) is 23.2. The fraction of sp³-hybridized carbons (Fsp3) is 0.412. The molecule has 11 nitrogen and oxygen atoms in total. The minimum Gasteiger partial charge on any atom is -0.477 e. The van der Waals surface area contributed by atoms with Crippen LogP contribution in [0.1, 0.15) is 6.92 Å². The number of aliphatic carboxylic acids is 1. The van der Waals surface area contributed by atoms with E-state index in [0.29, 0.717) is 0 Å². The van der Waals surface area contributed by atoms with Gasteiger partial charge < -0.3 is 19.9 Å². The molecule has 0 unspecified atom stereocenters. The monoisotopic (exact) mass is 490 g/mol. The van der Waals surface area contributed by atoms with Crippen molar-refractivity contribution < 1.29 is 42.2 Å². The first-order chi connectivity index (χ1) is 14.5.